The monoisotopic (exact) mass is 385 g/mol. The highest BCUT2D eigenvalue weighted by atomic mass is 35.5. The van der Waals surface area contributed by atoms with E-state index in [4.69, 9.17) is 11.6 Å². The Labute approximate surface area is 155 Å². The molecular formula is C17H20ClNO7. The molecule has 0 saturated heterocycles. The van der Waals surface area contributed by atoms with Crippen LogP contribution in [-0.2, 0) is 28.6 Å². The lowest BCUT2D eigenvalue weighted by Gasteiger charge is -2.27. The minimum absolute atomic E-state index is 0.128. The molecule has 2 atom stereocenters. The van der Waals surface area contributed by atoms with Gasteiger partial charge in [0.25, 0.3) is 5.91 Å². The number of carbonyl (C=O) groups is 4. The average molecular weight is 386 g/mol. The summed E-state index contributed by atoms with van der Waals surface area (Å²) in [7, 11) is 3.32. The number of ether oxygens (including phenoxy) is 3. The van der Waals surface area contributed by atoms with Gasteiger partial charge >= 0.3 is 17.9 Å². The second-order valence-electron chi connectivity index (χ2n) is 5.34. The summed E-state index contributed by atoms with van der Waals surface area (Å²) in [5.74, 6) is -5.73. The zero-order chi connectivity index (χ0) is 19.9. The van der Waals surface area contributed by atoms with Crippen molar-refractivity contribution in [2.24, 2.45) is 11.8 Å². The standard InChI is InChI=1S/C17H20ClNO7/c1-9(12(15(21)24-2)16(22)25-3)13(17(23)26-4)19-14(20)10-7-5-6-8-11(10)18/h5-9,12-13H,1-4H3,(H,19,20)/t9-,13+/m0/s1. The van der Waals surface area contributed by atoms with Gasteiger partial charge in [0.15, 0.2) is 5.92 Å². The lowest BCUT2D eigenvalue weighted by Crippen LogP contribution is -2.51. The third kappa shape index (κ3) is 4.95. The van der Waals surface area contributed by atoms with Crippen LogP contribution in [0, 0.1) is 11.8 Å². The molecule has 0 aromatic heterocycles. The van der Waals surface area contributed by atoms with Crippen LogP contribution in [0.25, 0.3) is 0 Å². The fraction of sp³-hybridized carbons (Fsp3) is 0.412. The molecule has 1 aromatic rings. The summed E-state index contributed by atoms with van der Waals surface area (Å²) in [6.45, 7) is 1.42. The van der Waals surface area contributed by atoms with Crippen molar-refractivity contribution in [1.82, 2.24) is 5.32 Å². The minimum Gasteiger partial charge on any atom is -0.468 e. The maximum absolute atomic E-state index is 12.5. The number of esters is 3. The highest BCUT2D eigenvalue weighted by Crippen LogP contribution is 2.22. The molecule has 1 aromatic carbocycles. The first-order valence-electron chi connectivity index (χ1n) is 7.57. The molecule has 0 unspecified atom stereocenters. The molecule has 9 heteroatoms. The number of amides is 1. The van der Waals surface area contributed by atoms with Gasteiger partial charge in [-0.3, -0.25) is 14.4 Å². The molecule has 1 N–H and O–H groups in total. The number of halogens is 1. The first kappa shape index (κ1) is 21.4. The lowest BCUT2D eigenvalue weighted by molar-refractivity contribution is -0.162. The molecule has 0 saturated carbocycles. The van der Waals surface area contributed by atoms with Crippen LogP contribution in [0.4, 0.5) is 0 Å². The van der Waals surface area contributed by atoms with Crippen LogP contribution < -0.4 is 5.32 Å². The first-order chi connectivity index (χ1) is 12.3. The largest absolute Gasteiger partial charge is 0.468 e. The average Bonchev–Trinajstić information content (AvgIpc) is 2.65. The summed E-state index contributed by atoms with van der Waals surface area (Å²) in [5.41, 5.74) is 0.128. The number of benzene rings is 1. The number of hydrogen-bond acceptors (Lipinski definition) is 7. The number of hydrogen-bond donors (Lipinski definition) is 1. The summed E-state index contributed by atoms with van der Waals surface area (Å²) in [4.78, 5) is 48.6. The topological polar surface area (TPSA) is 108 Å². The maximum atomic E-state index is 12.5. The Hall–Kier alpha value is -2.61. The Kier molecular flexibility index (Phi) is 8.05. The molecule has 0 aliphatic heterocycles. The first-order valence-corrected chi connectivity index (χ1v) is 7.95. The van der Waals surface area contributed by atoms with E-state index in [-0.39, 0.29) is 10.6 Å². The highest BCUT2D eigenvalue weighted by Gasteiger charge is 2.42. The third-order valence-corrected chi connectivity index (χ3v) is 4.15. The van der Waals surface area contributed by atoms with E-state index >= 15 is 0 Å². The summed E-state index contributed by atoms with van der Waals surface area (Å²) >= 11 is 5.98. The van der Waals surface area contributed by atoms with Gasteiger partial charge in [0.05, 0.1) is 31.9 Å². The number of carbonyl (C=O) groups excluding carboxylic acids is 4. The van der Waals surface area contributed by atoms with E-state index in [1.807, 2.05) is 0 Å². The molecule has 0 aliphatic rings. The van der Waals surface area contributed by atoms with Crippen molar-refractivity contribution in [2.45, 2.75) is 13.0 Å². The second kappa shape index (κ2) is 9.76. The summed E-state index contributed by atoms with van der Waals surface area (Å²) < 4.78 is 13.9. The van der Waals surface area contributed by atoms with Crippen molar-refractivity contribution in [1.29, 1.82) is 0 Å². The molecule has 26 heavy (non-hydrogen) atoms. The van der Waals surface area contributed by atoms with Gasteiger partial charge < -0.3 is 19.5 Å². The second-order valence-corrected chi connectivity index (χ2v) is 5.74. The van der Waals surface area contributed by atoms with E-state index in [0.29, 0.717) is 0 Å². The van der Waals surface area contributed by atoms with Gasteiger partial charge in [0.2, 0.25) is 0 Å². The summed E-state index contributed by atoms with van der Waals surface area (Å²) in [6, 6.07) is 4.91. The molecule has 0 spiro atoms. The molecule has 0 fully saturated rings. The maximum Gasteiger partial charge on any atom is 0.328 e. The molecule has 0 bridgehead atoms. The Bertz CT molecular complexity index is 675. The van der Waals surface area contributed by atoms with Crippen molar-refractivity contribution in [3.63, 3.8) is 0 Å². The van der Waals surface area contributed by atoms with Gasteiger partial charge in [0, 0.05) is 5.92 Å². The Morgan fingerprint density at radius 3 is 1.88 bits per heavy atom. The fourth-order valence-electron chi connectivity index (χ4n) is 2.37. The van der Waals surface area contributed by atoms with Crippen molar-refractivity contribution in [2.75, 3.05) is 21.3 Å². The molecule has 0 radical (unpaired) electrons. The molecule has 142 valence electrons. The fourth-order valence-corrected chi connectivity index (χ4v) is 2.59. The van der Waals surface area contributed by atoms with Gasteiger partial charge in [-0.25, -0.2) is 4.79 Å². The number of rotatable bonds is 7. The Morgan fingerprint density at radius 1 is 0.923 bits per heavy atom. The molecule has 0 aliphatic carbocycles. The molecule has 0 heterocycles. The van der Waals surface area contributed by atoms with Crippen molar-refractivity contribution >= 4 is 35.4 Å². The lowest BCUT2D eigenvalue weighted by atomic mass is 9.87. The van der Waals surface area contributed by atoms with E-state index in [9.17, 15) is 19.2 Å². The van der Waals surface area contributed by atoms with Crippen molar-refractivity contribution in [3.8, 4) is 0 Å². The Morgan fingerprint density at radius 2 is 1.42 bits per heavy atom. The summed E-state index contributed by atoms with van der Waals surface area (Å²) in [5, 5.41) is 2.63. The summed E-state index contributed by atoms with van der Waals surface area (Å²) in [6.07, 6.45) is 0. The SMILES string of the molecule is COC(=O)C(C(=O)OC)[C@H](C)[C@@H](NC(=O)c1ccccc1Cl)C(=O)OC. The number of nitrogens with one attached hydrogen (secondary N) is 1. The normalized spacial score (nSPS) is 12.7. The van der Waals surface area contributed by atoms with E-state index in [1.54, 1.807) is 12.1 Å². The van der Waals surface area contributed by atoms with Crippen LogP contribution in [0.1, 0.15) is 17.3 Å². The van der Waals surface area contributed by atoms with Crippen LogP contribution >= 0.6 is 11.6 Å². The predicted molar refractivity (Wildman–Crippen MR) is 91.4 cm³/mol. The van der Waals surface area contributed by atoms with Gasteiger partial charge in [-0.15, -0.1) is 0 Å². The molecule has 8 nitrogen and oxygen atoms in total. The van der Waals surface area contributed by atoms with Gasteiger partial charge in [-0.2, -0.15) is 0 Å². The Balaban J connectivity index is 3.17. The smallest absolute Gasteiger partial charge is 0.328 e. The molecule has 1 amide bonds. The van der Waals surface area contributed by atoms with Crippen LogP contribution in [0.5, 0.6) is 0 Å². The van der Waals surface area contributed by atoms with Crippen molar-refractivity contribution in [3.05, 3.63) is 34.9 Å². The third-order valence-electron chi connectivity index (χ3n) is 3.82. The van der Waals surface area contributed by atoms with Gasteiger partial charge in [-0.05, 0) is 12.1 Å². The molecule has 1 rings (SSSR count). The molecular weight excluding hydrogens is 366 g/mol. The van der Waals surface area contributed by atoms with Crippen LogP contribution in [0.3, 0.4) is 0 Å². The quantitative estimate of drug-likeness (QED) is 0.427. The zero-order valence-corrected chi connectivity index (χ0v) is 15.5. The van der Waals surface area contributed by atoms with E-state index < -0.39 is 41.7 Å². The van der Waals surface area contributed by atoms with Gasteiger partial charge in [0.1, 0.15) is 6.04 Å². The van der Waals surface area contributed by atoms with Crippen LogP contribution in [0.2, 0.25) is 5.02 Å². The predicted octanol–water partition coefficient (Wildman–Crippen LogP) is 1.21. The van der Waals surface area contributed by atoms with Crippen LogP contribution in [0.15, 0.2) is 24.3 Å². The van der Waals surface area contributed by atoms with E-state index in [2.05, 4.69) is 19.5 Å². The minimum atomic E-state index is -1.43. The highest BCUT2D eigenvalue weighted by molar-refractivity contribution is 6.33. The van der Waals surface area contributed by atoms with E-state index in [0.717, 1.165) is 21.3 Å². The van der Waals surface area contributed by atoms with Crippen molar-refractivity contribution < 1.29 is 33.4 Å². The van der Waals surface area contributed by atoms with Gasteiger partial charge in [-0.1, -0.05) is 30.7 Å². The van der Waals surface area contributed by atoms with Crippen LogP contribution in [-0.4, -0.2) is 51.2 Å². The zero-order valence-electron chi connectivity index (χ0n) is 14.8. The number of methoxy groups -OCH3 is 3. The van der Waals surface area contributed by atoms with E-state index in [1.165, 1.54) is 19.1 Å².